The zero-order valence-corrected chi connectivity index (χ0v) is 43.4. The number of anilines is 3. The number of ether oxygens (including phenoxy) is 5. The molecule has 1 aliphatic heterocycles. The van der Waals surface area contributed by atoms with Crippen molar-refractivity contribution >= 4 is 43.7 Å². The van der Waals surface area contributed by atoms with Gasteiger partial charge in [-0.25, -0.2) is 12.8 Å². The summed E-state index contributed by atoms with van der Waals surface area (Å²) in [6.07, 6.45) is -3.51. The molecule has 3 aromatic carbocycles. The van der Waals surface area contributed by atoms with Crippen LogP contribution in [0, 0.1) is 25.7 Å². The Hall–Kier alpha value is -7.10. The van der Waals surface area contributed by atoms with Crippen LogP contribution in [-0.4, -0.2) is 145 Å². The van der Waals surface area contributed by atoms with Crippen LogP contribution >= 0.6 is 0 Å². The van der Waals surface area contributed by atoms with Gasteiger partial charge in [0.1, 0.15) is 35.7 Å². The van der Waals surface area contributed by atoms with E-state index in [0.717, 1.165) is 21.3 Å². The van der Waals surface area contributed by atoms with Crippen molar-refractivity contribution in [2.45, 2.75) is 56.6 Å². The first kappa shape index (κ1) is 56.6. The van der Waals surface area contributed by atoms with Gasteiger partial charge in [0.2, 0.25) is 0 Å². The molecule has 7 rings (SSSR count). The number of H-pyrrole nitrogens is 1. The molecule has 0 radical (unpaired) electrons. The van der Waals surface area contributed by atoms with Gasteiger partial charge in [-0.05, 0) is 87.3 Å². The van der Waals surface area contributed by atoms with Crippen molar-refractivity contribution in [3.8, 4) is 34.5 Å². The van der Waals surface area contributed by atoms with Crippen molar-refractivity contribution in [3.63, 3.8) is 0 Å². The van der Waals surface area contributed by atoms with Crippen LogP contribution in [0.15, 0.2) is 93.2 Å². The van der Waals surface area contributed by atoms with Crippen molar-refractivity contribution in [1.82, 2.24) is 24.9 Å². The highest BCUT2D eigenvalue weighted by Gasteiger charge is 2.31. The lowest BCUT2D eigenvalue weighted by Crippen LogP contribution is -2.46. The van der Waals surface area contributed by atoms with E-state index in [2.05, 4.69) is 43.2 Å². The van der Waals surface area contributed by atoms with Crippen LogP contribution in [0.2, 0.25) is 0 Å². The number of carbonyl (C=O) groups excluding carboxylic acids is 1. The number of alkyl halides is 4. The highest BCUT2D eigenvalue weighted by molar-refractivity contribution is 7.91. The average Bonchev–Trinajstić information content (AvgIpc) is 3.93. The maximum absolute atomic E-state index is 14.9. The number of fused-ring (bicyclic) bond motifs is 1. The maximum Gasteiger partial charge on any atom is 0.406 e. The number of piperidine rings is 1. The molecule has 1 fully saturated rings. The third-order valence-corrected chi connectivity index (χ3v) is 13.9. The first-order chi connectivity index (χ1) is 36.5. The summed E-state index contributed by atoms with van der Waals surface area (Å²) in [4.78, 5) is 29.5. The number of sulfone groups is 1. The third-order valence-electron chi connectivity index (χ3n) is 12.3. The normalized spacial score (nSPS) is 15.0. The highest BCUT2D eigenvalue weighted by atomic mass is 32.2. The number of halogens is 4. The number of nitrogens with one attached hydrogen (secondary N) is 5. The van der Waals surface area contributed by atoms with E-state index in [1.165, 1.54) is 25.3 Å². The Morgan fingerprint density at radius 2 is 1.70 bits per heavy atom. The predicted octanol–water partition coefficient (Wildman–Crippen LogP) is 6.72. The number of aryl methyl sites for hydroxylation is 2. The first-order valence-electron chi connectivity index (χ1n) is 24.5. The number of rotatable bonds is 26. The van der Waals surface area contributed by atoms with Crippen LogP contribution in [-0.2, 0) is 41.9 Å². The van der Waals surface area contributed by atoms with Crippen molar-refractivity contribution in [2.24, 2.45) is 0 Å². The second-order valence-electron chi connectivity index (χ2n) is 17.9. The maximum atomic E-state index is 14.9. The Morgan fingerprint density at radius 1 is 0.934 bits per heavy atom. The molecule has 76 heavy (non-hydrogen) atoms. The van der Waals surface area contributed by atoms with E-state index in [-0.39, 0.29) is 99.4 Å². The van der Waals surface area contributed by atoms with Gasteiger partial charge in [-0.3, -0.25) is 9.59 Å². The number of hydrogen-bond acceptors (Lipinski definition) is 15. The zero-order valence-electron chi connectivity index (χ0n) is 42.6. The molecule has 0 aliphatic carbocycles. The highest BCUT2D eigenvalue weighted by Crippen LogP contribution is 2.33. The lowest BCUT2D eigenvalue weighted by molar-refractivity contribution is -0.140. The van der Waals surface area contributed by atoms with Crippen LogP contribution in [0.3, 0.4) is 0 Å². The molecule has 408 valence electrons. The van der Waals surface area contributed by atoms with E-state index in [1.807, 2.05) is 24.9 Å². The summed E-state index contributed by atoms with van der Waals surface area (Å²) in [5.74, 6) is 6.41. The molecule has 5 N–H and O–H groups in total. The number of methoxy groups -OCH3 is 1. The van der Waals surface area contributed by atoms with Crippen LogP contribution in [0.4, 0.5) is 34.6 Å². The molecule has 4 heterocycles. The van der Waals surface area contributed by atoms with Gasteiger partial charge in [-0.1, -0.05) is 29.3 Å². The van der Waals surface area contributed by atoms with Gasteiger partial charge >= 0.3 is 6.18 Å². The second kappa shape index (κ2) is 26.6. The second-order valence-corrected chi connectivity index (χ2v) is 20.0. The number of aromatic amines is 1. The van der Waals surface area contributed by atoms with Gasteiger partial charge in [0.15, 0.2) is 16.4 Å². The van der Waals surface area contributed by atoms with Gasteiger partial charge in [0, 0.05) is 60.6 Å². The third kappa shape index (κ3) is 16.0. The van der Waals surface area contributed by atoms with Crippen molar-refractivity contribution < 1.29 is 59.0 Å². The Kier molecular flexibility index (Phi) is 19.8. The minimum Gasteiger partial charge on any atom is -0.495 e. The molecule has 0 spiro atoms. The Balaban J connectivity index is 0.759. The largest absolute Gasteiger partial charge is 0.495 e. The van der Waals surface area contributed by atoms with E-state index < -0.39 is 34.8 Å². The van der Waals surface area contributed by atoms with Crippen molar-refractivity contribution in [1.29, 1.82) is 0 Å². The van der Waals surface area contributed by atoms with E-state index in [0.29, 0.717) is 64.7 Å². The molecule has 18 nitrogen and oxygen atoms in total. The number of likely N-dealkylation sites (tertiary alicyclic amines) is 1. The molecule has 1 aliphatic rings. The number of carbonyl (C=O) groups is 1. The summed E-state index contributed by atoms with van der Waals surface area (Å²) in [5.41, 5.74) is 4.61. The fourth-order valence-electron chi connectivity index (χ4n) is 8.46. The Bertz CT molecular complexity index is 3130. The quantitative estimate of drug-likeness (QED) is 0.0217. The van der Waals surface area contributed by atoms with Crippen LogP contribution in [0.5, 0.6) is 11.5 Å². The Morgan fingerprint density at radius 3 is 2.43 bits per heavy atom. The van der Waals surface area contributed by atoms with E-state index in [4.69, 9.17) is 28.2 Å². The number of aromatic nitrogens is 3. The zero-order chi connectivity index (χ0) is 54.2. The number of hydrogen-bond donors (Lipinski definition) is 5. The number of pyridine rings is 1. The summed E-state index contributed by atoms with van der Waals surface area (Å²) in [6.45, 7) is 4.67. The van der Waals surface area contributed by atoms with E-state index >= 15 is 0 Å². The summed E-state index contributed by atoms with van der Waals surface area (Å²) >= 11 is 0. The molecule has 2 atom stereocenters. The van der Waals surface area contributed by atoms with Crippen LogP contribution in [0.1, 0.15) is 29.1 Å². The fraction of sp³-hybridized carbons (Fsp3) is 0.415. The number of amides is 1. The standard InChI is InChI=1S/C53H62F4N8O10S/c1-35-51(36(2)75-63-35)38-27-47(52(67)61-31-38)60-30-37-8-5-10-40(26-37)74-33-50(66)59-17-19-71-20-21-72-22-23-73-24-25-76(68,69)41-13-14-46(49(29-41)70-4)58-16-7-9-39-28-42-44(62-45-15-18-64(3)32-43(45)54)11-6-12-48(42)65(39)34-53(55,56)57/h5-6,8,10-14,26-29,31,43,45,58,60,62H,15-25,30,32-34H2,1-4H3,(H,59,66)(H,61,67)/t43-,45+/m0/s1. The van der Waals surface area contributed by atoms with E-state index in [1.54, 1.807) is 61.7 Å². The van der Waals surface area contributed by atoms with E-state index in [9.17, 15) is 35.6 Å². The molecule has 0 unspecified atom stereocenters. The summed E-state index contributed by atoms with van der Waals surface area (Å²) in [5, 5.41) is 16.6. The summed E-state index contributed by atoms with van der Waals surface area (Å²) in [7, 11) is -0.558. The molecule has 0 bridgehead atoms. The molecular formula is C53H62F4N8O10S. The van der Waals surface area contributed by atoms with Gasteiger partial charge in [0.05, 0.1) is 92.6 Å². The Labute approximate surface area is 437 Å². The van der Waals surface area contributed by atoms with Gasteiger partial charge in [0.25, 0.3) is 11.5 Å². The van der Waals surface area contributed by atoms with Crippen LogP contribution in [0.25, 0.3) is 22.0 Å². The number of benzene rings is 3. The molecule has 23 heteroatoms. The van der Waals surface area contributed by atoms with Crippen molar-refractivity contribution in [3.05, 3.63) is 112 Å². The first-order valence-corrected chi connectivity index (χ1v) is 26.2. The minimum atomic E-state index is -4.53. The van der Waals surface area contributed by atoms with Gasteiger partial charge in [-0.15, -0.1) is 0 Å². The van der Waals surface area contributed by atoms with Gasteiger partial charge < -0.3 is 63.9 Å². The topological polar surface area (TPSA) is 213 Å². The molecule has 3 aromatic heterocycles. The van der Waals surface area contributed by atoms with Crippen LogP contribution < -0.4 is 36.3 Å². The molecule has 0 saturated carbocycles. The SMILES string of the molecule is COc1cc(S(=O)(=O)CCOCCOCCOCCNC(=O)COc2cccc(CNc3cc(-c4c(C)noc4C)c[nH]c3=O)c2)ccc1NCC#Cc1cc2c(N[C@@H]3CCN(C)C[C@@H]3F)cccc2n1CC(F)(F)F. The summed E-state index contributed by atoms with van der Waals surface area (Å²) < 4.78 is 117. The minimum absolute atomic E-state index is 0.00524. The fourth-order valence-corrected chi connectivity index (χ4v) is 9.59. The predicted molar refractivity (Wildman–Crippen MR) is 280 cm³/mol. The molecule has 6 aromatic rings. The molecular weight excluding hydrogens is 1020 g/mol. The smallest absolute Gasteiger partial charge is 0.406 e. The number of nitrogens with zero attached hydrogens (tertiary/aromatic N) is 3. The molecule has 1 saturated heterocycles. The summed E-state index contributed by atoms with van der Waals surface area (Å²) in [6, 6.07) is 19.2. The monoisotopic (exact) mass is 1080 g/mol. The lowest BCUT2D eigenvalue weighted by Gasteiger charge is -2.33. The van der Waals surface area contributed by atoms with Crippen molar-refractivity contribution in [2.75, 3.05) is 108 Å². The lowest BCUT2D eigenvalue weighted by atomic mass is 10.0. The van der Waals surface area contributed by atoms with Gasteiger partial charge in [-0.2, -0.15) is 13.2 Å². The average molecular weight is 1080 g/mol. The molecule has 1 amide bonds.